The number of halogens is 1. The summed E-state index contributed by atoms with van der Waals surface area (Å²) in [6, 6.07) is 3.85. The first kappa shape index (κ1) is 36.5. The number of aliphatic carboxylic acids is 1. The molecule has 3 amide bonds. The van der Waals surface area contributed by atoms with E-state index in [4.69, 9.17) is 20.3 Å². The van der Waals surface area contributed by atoms with Gasteiger partial charge in [-0.25, -0.2) is 4.79 Å². The highest BCUT2D eigenvalue weighted by Gasteiger charge is 2.18. The van der Waals surface area contributed by atoms with Gasteiger partial charge in [0.25, 0.3) is 5.91 Å². The Balaban J connectivity index is 2.39. The molecular weight excluding hydrogens is 620 g/mol. The van der Waals surface area contributed by atoms with E-state index in [-0.39, 0.29) is 54.9 Å². The molecule has 0 aliphatic carbocycles. The number of hydrogen-bond donors (Lipinski definition) is 6. The number of phenols is 1. The second-order valence-electron chi connectivity index (χ2n) is 9.19. The van der Waals surface area contributed by atoms with Crippen molar-refractivity contribution in [1.82, 2.24) is 10.6 Å². The molecule has 234 valence electrons. The third-order valence-electron chi connectivity index (χ3n) is 5.44. The Morgan fingerprint density at radius 3 is 2.40 bits per heavy atom. The van der Waals surface area contributed by atoms with E-state index >= 15 is 0 Å². The van der Waals surface area contributed by atoms with Crippen LogP contribution in [0.4, 0.5) is 10.5 Å². The Labute approximate surface area is 252 Å². The van der Waals surface area contributed by atoms with Crippen LogP contribution in [0.1, 0.15) is 38.7 Å². The van der Waals surface area contributed by atoms with Gasteiger partial charge in [-0.15, -0.1) is 0 Å². The Morgan fingerprint density at radius 1 is 1.05 bits per heavy atom. The third-order valence-corrected chi connectivity index (χ3v) is 6.02. The molecule has 0 radical (unpaired) electrons. The van der Waals surface area contributed by atoms with Crippen molar-refractivity contribution in [3.8, 4) is 5.75 Å². The van der Waals surface area contributed by atoms with Gasteiger partial charge in [0.1, 0.15) is 5.75 Å². The molecule has 0 fully saturated rings. The van der Waals surface area contributed by atoms with Crippen LogP contribution in [0.15, 0.2) is 28.8 Å². The van der Waals surface area contributed by atoms with Gasteiger partial charge < -0.3 is 40.8 Å². The maximum absolute atomic E-state index is 12.1. The summed E-state index contributed by atoms with van der Waals surface area (Å²) in [4.78, 5) is 59.2. The average molecular weight is 660 g/mol. The Bertz CT molecular complexity index is 1100. The molecule has 7 N–H and O–H groups in total. The highest BCUT2D eigenvalue weighted by molar-refractivity contribution is 9.12. The van der Waals surface area contributed by atoms with E-state index in [0.717, 1.165) is 12.5 Å². The van der Waals surface area contributed by atoms with Crippen LogP contribution in [0.25, 0.3) is 0 Å². The van der Waals surface area contributed by atoms with Crippen molar-refractivity contribution in [3.63, 3.8) is 0 Å². The molecular formula is C27H39BrN4O10. The van der Waals surface area contributed by atoms with E-state index in [1.807, 2.05) is 6.92 Å². The van der Waals surface area contributed by atoms with Crippen LogP contribution in [0, 0.1) is 5.92 Å². The second kappa shape index (κ2) is 20.4. The minimum atomic E-state index is -1.15. The van der Waals surface area contributed by atoms with E-state index in [9.17, 15) is 29.1 Å². The standard InChI is InChI=1S/C27H39BrN4O10/c1-3-9-40-11-12-41-10-8-30-23(34)16-20(28)25(36)31-7-6-24(35)42-27(39)32-21-15-18(4-5-22(21)33)14-19(29)13-17(2)26(37)38/h4-5,15-17,19,33H,3,6-14,29H2,1-2H3,(H,30,34)(H,31,36)(H,32,39)(H,37,38)/b20-16+/t17?,19-/m1/s1. The Morgan fingerprint density at radius 2 is 1.74 bits per heavy atom. The molecule has 1 aromatic rings. The molecule has 0 saturated heterocycles. The van der Waals surface area contributed by atoms with Gasteiger partial charge in [-0.05, 0) is 52.9 Å². The molecule has 0 aromatic heterocycles. The summed E-state index contributed by atoms with van der Waals surface area (Å²) in [6.07, 6.45) is 0.967. The monoisotopic (exact) mass is 658 g/mol. The fraction of sp³-hybridized carbons (Fsp3) is 0.519. The average Bonchev–Trinajstić information content (AvgIpc) is 2.91. The minimum Gasteiger partial charge on any atom is -0.506 e. The molecule has 2 atom stereocenters. The second-order valence-corrected chi connectivity index (χ2v) is 10.0. The zero-order valence-electron chi connectivity index (χ0n) is 23.7. The van der Waals surface area contributed by atoms with Crippen molar-refractivity contribution in [2.75, 3.05) is 44.8 Å². The smallest absolute Gasteiger partial charge is 0.419 e. The molecule has 1 aromatic carbocycles. The highest BCUT2D eigenvalue weighted by Crippen LogP contribution is 2.25. The van der Waals surface area contributed by atoms with Crippen molar-refractivity contribution < 1.29 is 48.4 Å². The summed E-state index contributed by atoms with van der Waals surface area (Å²) in [5.74, 6) is -4.01. The predicted octanol–water partition coefficient (Wildman–Crippen LogP) is 1.79. The number of benzene rings is 1. The van der Waals surface area contributed by atoms with E-state index in [1.54, 1.807) is 13.0 Å². The molecule has 1 unspecified atom stereocenters. The maximum Gasteiger partial charge on any atom is 0.419 e. The van der Waals surface area contributed by atoms with Crippen LogP contribution in [0.2, 0.25) is 0 Å². The largest absolute Gasteiger partial charge is 0.506 e. The molecule has 0 heterocycles. The number of ether oxygens (including phenoxy) is 3. The number of aromatic hydroxyl groups is 1. The van der Waals surface area contributed by atoms with Gasteiger partial charge in [0, 0.05) is 31.8 Å². The van der Waals surface area contributed by atoms with Gasteiger partial charge in [0.05, 0.1) is 42.3 Å². The zero-order chi connectivity index (χ0) is 31.5. The summed E-state index contributed by atoms with van der Waals surface area (Å²) in [7, 11) is 0. The zero-order valence-corrected chi connectivity index (χ0v) is 25.2. The number of phenolic OH excluding ortho intramolecular Hbond substituents is 1. The molecule has 0 aliphatic heterocycles. The lowest BCUT2D eigenvalue weighted by Gasteiger charge is -2.15. The quantitative estimate of drug-likeness (QED) is 0.0414. The number of carbonyl (C=O) groups is 5. The molecule has 15 heteroatoms. The van der Waals surface area contributed by atoms with Gasteiger partial charge in [-0.1, -0.05) is 19.9 Å². The van der Waals surface area contributed by atoms with E-state index in [0.29, 0.717) is 25.4 Å². The van der Waals surface area contributed by atoms with Crippen LogP contribution in [-0.4, -0.2) is 85.6 Å². The molecule has 0 spiro atoms. The van der Waals surface area contributed by atoms with Crippen molar-refractivity contribution in [3.05, 3.63) is 34.3 Å². The molecule has 14 nitrogen and oxygen atoms in total. The summed E-state index contributed by atoms with van der Waals surface area (Å²) < 4.78 is 15.1. The lowest BCUT2D eigenvalue weighted by atomic mass is 9.96. The van der Waals surface area contributed by atoms with E-state index in [2.05, 4.69) is 36.6 Å². The number of carboxylic acids is 1. The molecule has 42 heavy (non-hydrogen) atoms. The highest BCUT2D eigenvalue weighted by atomic mass is 79.9. The molecule has 0 bridgehead atoms. The SMILES string of the molecule is CCCOCCOCCNC(=O)/C=C(/Br)C(=O)NCCC(=O)OC(=O)Nc1cc(C[C@H](N)CC(C)C(=O)O)ccc1O. The lowest BCUT2D eigenvalue weighted by molar-refractivity contribution is -0.141. The van der Waals surface area contributed by atoms with Crippen molar-refractivity contribution in [1.29, 1.82) is 0 Å². The number of rotatable bonds is 19. The van der Waals surface area contributed by atoms with Gasteiger partial charge >= 0.3 is 18.0 Å². The Kier molecular flexibility index (Phi) is 17.7. The third kappa shape index (κ3) is 16.0. The molecule has 0 aliphatic rings. The Hall–Kier alpha value is -3.53. The van der Waals surface area contributed by atoms with Crippen LogP contribution < -0.4 is 21.7 Å². The first-order chi connectivity index (χ1) is 19.9. The van der Waals surface area contributed by atoms with Crippen LogP contribution >= 0.6 is 15.9 Å². The summed E-state index contributed by atoms with van der Waals surface area (Å²) in [5, 5.41) is 26.3. The van der Waals surface area contributed by atoms with Gasteiger partial charge in [-0.2, -0.15) is 0 Å². The van der Waals surface area contributed by atoms with Gasteiger partial charge in [0.15, 0.2) is 0 Å². The summed E-state index contributed by atoms with van der Waals surface area (Å²) >= 11 is 2.99. The predicted molar refractivity (Wildman–Crippen MR) is 156 cm³/mol. The van der Waals surface area contributed by atoms with Crippen LogP contribution in [0.5, 0.6) is 5.75 Å². The first-order valence-electron chi connectivity index (χ1n) is 13.3. The molecule has 1 rings (SSSR count). The first-order valence-corrected chi connectivity index (χ1v) is 14.1. The number of hydrogen-bond acceptors (Lipinski definition) is 10. The van der Waals surface area contributed by atoms with Crippen molar-refractivity contribution in [2.24, 2.45) is 11.7 Å². The number of nitrogens with one attached hydrogen (secondary N) is 3. The van der Waals surface area contributed by atoms with E-state index < -0.39 is 41.8 Å². The number of nitrogens with two attached hydrogens (primary N) is 1. The minimum absolute atomic E-state index is 0.0306. The fourth-order valence-corrected chi connectivity index (χ4v) is 3.70. The van der Waals surface area contributed by atoms with Crippen molar-refractivity contribution >= 4 is 51.5 Å². The van der Waals surface area contributed by atoms with Crippen molar-refractivity contribution in [2.45, 2.75) is 45.6 Å². The van der Waals surface area contributed by atoms with Crippen LogP contribution in [0.3, 0.4) is 0 Å². The van der Waals surface area contributed by atoms with E-state index in [1.165, 1.54) is 12.1 Å². The number of carbonyl (C=O) groups excluding carboxylic acids is 4. The summed E-state index contributed by atoms with van der Waals surface area (Å²) in [6.45, 7) is 5.42. The topological polar surface area (TPSA) is 216 Å². The maximum atomic E-state index is 12.1. The van der Waals surface area contributed by atoms with Gasteiger partial charge in [-0.3, -0.25) is 24.5 Å². The number of esters is 1. The number of anilines is 1. The lowest BCUT2D eigenvalue weighted by Crippen LogP contribution is -2.30. The summed E-state index contributed by atoms with van der Waals surface area (Å²) in [5.41, 5.74) is 6.60. The normalized spacial score (nSPS) is 12.6. The van der Waals surface area contributed by atoms with Crippen LogP contribution in [-0.2, 0) is 39.8 Å². The number of amides is 3. The van der Waals surface area contributed by atoms with Gasteiger partial charge in [0.2, 0.25) is 5.91 Å². The molecule has 0 saturated carbocycles. The number of carboxylic acid groups (broad SMARTS) is 1. The fourth-order valence-electron chi connectivity index (χ4n) is 3.35.